The minimum Gasteiger partial charge on any atom is -0.392 e. The monoisotopic (exact) mass is 282 g/mol. The number of nitrogens with one attached hydrogen (secondary N) is 1. The molecule has 0 bridgehead atoms. The number of nitrogens with two attached hydrogens (primary N) is 1. The third-order valence-electron chi connectivity index (χ3n) is 3.60. The summed E-state index contributed by atoms with van der Waals surface area (Å²) in [7, 11) is 0. The van der Waals surface area contributed by atoms with Crippen LogP contribution in [0.4, 0.5) is 0 Å². The maximum absolute atomic E-state index is 12.2. The maximum atomic E-state index is 12.2. The van der Waals surface area contributed by atoms with Crippen molar-refractivity contribution < 1.29 is 4.79 Å². The first-order valence-corrected chi connectivity index (χ1v) is 7.47. The number of hydrogen-bond acceptors (Lipinski definition) is 3. The number of hydrogen-bond donors (Lipinski definition) is 2. The molecule has 1 fully saturated rings. The molecule has 1 aliphatic rings. The van der Waals surface area contributed by atoms with Crippen LogP contribution in [-0.2, 0) is 17.8 Å². The van der Waals surface area contributed by atoms with Crippen LogP contribution in [0.1, 0.15) is 35.9 Å². The van der Waals surface area contributed by atoms with Gasteiger partial charge >= 0.3 is 0 Å². The van der Waals surface area contributed by atoms with Gasteiger partial charge in [-0.2, -0.15) is 0 Å². The molecule has 0 atom stereocenters. The maximum Gasteiger partial charge on any atom is 0.233 e. The lowest BCUT2D eigenvalue weighted by Gasteiger charge is -2.39. The van der Waals surface area contributed by atoms with Crippen LogP contribution >= 0.6 is 23.6 Å². The Hall–Kier alpha value is -0.940. The first-order chi connectivity index (χ1) is 8.58. The second-order valence-electron chi connectivity index (χ2n) is 4.70. The van der Waals surface area contributed by atoms with Gasteiger partial charge in [-0.1, -0.05) is 25.6 Å². The minimum absolute atomic E-state index is 0.00676. The number of carbonyl (C=O) groups is 1. The molecular formula is C13H18N2OS2. The van der Waals surface area contributed by atoms with Gasteiger partial charge in [0, 0.05) is 9.75 Å². The molecule has 1 aromatic rings. The lowest BCUT2D eigenvalue weighted by atomic mass is 9.68. The Kier molecular flexibility index (Phi) is 4.02. The molecule has 1 saturated carbocycles. The second-order valence-corrected chi connectivity index (χ2v) is 6.40. The number of rotatable bonds is 5. The molecule has 0 spiro atoms. The smallest absolute Gasteiger partial charge is 0.233 e. The molecule has 5 heteroatoms. The van der Waals surface area contributed by atoms with E-state index < -0.39 is 5.41 Å². The van der Waals surface area contributed by atoms with E-state index in [1.807, 2.05) is 0 Å². The van der Waals surface area contributed by atoms with Crippen molar-refractivity contribution in [3.8, 4) is 0 Å². The van der Waals surface area contributed by atoms with Gasteiger partial charge in [0.05, 0.1) is 16.9 Å². The van der Waals surface area contributed by atoms with Gasteiger partial charge < -0.3 is 11.1 Å². The summed E-state index contributed by atoms with van der Waals surface area (Å²) in [6.45, 7) is 2.71. The topological polar surface area (TPSA) is 55.1 Å². The number of carbonyl (C=O) groups excluding carboxylic acids is 1. The van der Waals surface area contributed by atoms with E-state index in [-0.39, 0.29) is 5.91 Å². The standard InChI is InChI=1S/C13H18N2OS2/c1-2-9-4-5-10(18-9)8-15-12(16)13(11(14)17)6-3-7-13/h4-5H,2-3,6-8H2,1H3,(H2,14,17)(H,15,16). The van der Waals surface area contributed by atoms with Crippen LogP contribution in [0.15, 0.2) is 12.1 Å². The van der Waals surface area contributed by atoms with Crippen molar-refractivity contribution in [3.63, 3.8) is 0 Å². The normalized spacial score (nSPS) is 16.9. The first-order valence-electron chi connectivity index (χ1n) is 6.24. The summed E-state index contributed by atoms with van der Waals surface area (Å²) >= 11 is 6.77. The molecule has 2 rings (SSSR count). The van der Waals surface area contributed by atoms with Crippen LogP contribution in [0.25, 0.3) is 0 Å². The molecule has 3 N–H and O–H groups in total. The molecule has 98 valence electrons. The number of aryl methyl sites for hydroxylation is 1. The lowest BCUT2D eigenvalue weighted by Crippen LogP contribution is -2.52. The molecule has 0 radical (unpaired) electrons. The summed E-state index contributed by atoms with van der Waals surface area (Å²) < 4.78 is 0. The summed E-state index contributed by atoms with van der Waals surface area (Å²) in [5, 5.41) is 2.96. The number of amides is 1. The highest BCUT2D eigenvalue weighted by molar-refractivity contribution is 7.80. The van der Waals surface area contributed by atoms with E-state index in [0.29, 0.717) is 11.5 Å². The summed E-state index contributed by atoms with van der Waals surface area (Å²) in [5.41, 5.74) is 5.13. The fraction of sp³-hybridized carbons (Fsp3) is 0.538. The van der Waals surface area contributed by atoms with Crippen LogP contribution in [0.5, 0.6) is 0 Å². The van der Waals surface area contributed by atoms with Crippen molar-refractivity contribution in [1.29, 1.82) is 0 Å². The third-order valence-corrected chi connectivity index (χ3v) is 5.22. The van der Waals surface area contributed by atoms with Crippen molar-refractivity contribution in [2.45, 2.75) is 39.2 Å². The lowest BCUT2D eigenvalue weighted by molar-refractivity contribution is -0.130. The molecule has 0 aromatic carbocycles. The molecule has 1 amide bonds. The Morgan fingerprint density at radius 1 is 1.50 bits per heavy atom. The van der Waals surface area contributed by atoms with Gasteiger partial charge in [0.1, 0.15) is 0 Å². The van der Waals surface area contributed by atoms with Crippen LogP contribution < -0.4 is 11.1 Å². The zero-order chi connectivity index (χ0) is 13.2. The average molecular weight is 282 g/mol. The highest BCUT2D eigenvalue weighted by atomic mass is 32.1. The number of thiophene rings is 1. The van der Waals surface area contributed by atoms with Gasteiger partial charge in [-0.15, -0.1) is 11.3 Å². The zero-order valence-electron chi connectivity index (χ0n) is 10.5. The molecule has 1 aromatic heterocycles. The predicted octanol–water partition coefficient (Wildman–Crippen LogP) is 2.38. The Labute approximate surface area is 117 Å². The molecule has 3 nitrogen and oxygen atoms in total. The van der Waals surface area contributed by atoms with Gasteiger partial charge in [-0.05, 0) is 31.4 Å². The SMILES string of the molecule is CCc1ccc(CNC(=O)C2(C(N)=S)CCC2)s1. The van der Waals surface area contributed by atoms with Crippen molar-refractivity contribution in [2.24, 2.45) is 11.1 Å². The fourth-order valence-corrected chi connectivity index (χ4v) is 3.35. The largest absolute Gasteiger partial charge is 0.392 e. The molecule has 0 aliphatic heterocycles. The molecule has 0 unspecified atom stereocenters. The van der Waals surface area contributed by atoms with Crippen molar-refractivity contribution >= 4 is 34.5 Å². The summed E-state index contributed by atoms with van der Waals surface area (Å²) in [5.74, 6) is -0.00676. The number of thiocarbonyl (C=S) groups is 1. The highest BCUT2D eigenvalue weighted by Gasteiger charge is 2.46. The van der Waals surface area contributed by atoms with E-state index in [9.17, 15) is 4.79 Å². The van der Waals surface area contributed by atoms with E-state index in [1.54, 1.807) is 11.3 Å². The van der Waals surface area contributed by atoms with Crippen LogP contribution in [0.2, 0.25) is 0 Å². The summed E-state index contributed by atoms with van der Waals surface area (Å²) in [6, 6.07) is 4.18. The average Bonchev–Trinajstić information content (AvgIpc) is 2.72. The van der Waals surface area contributed by atoms with E-state index in [4.69, 9.17) is 18.0 Å². The van der Waals surface area contributed by atoms with Crippen molar-refractivity contribution in [1.82, 2.24) is 5.32 Å². The Bertz CT molecular complexity index is 463. The van der Waals surface area contributed by atoms with Gasteiger partial charge in [0.15, 0.2) is 0 Å². The minimum atomic E-state index is -0.569. The quantitative estimate of drug-likeness (QED) is 0.815. The highest BCUT2D eigenvalue weighted by Crippen LogP contribution is 2.41. The summed E-state index contributed by atoms with van der Waals surface area (Å²) in [4.78, 5) is 15.0. The Morgan fingerprint density at radius 3 is 2.61 bits per heavy atom. The molecule has 0 saturated heterocycles. The van der Waals surface area contributed by atoms with Crippen molar-refractivity contribution in [2.75, 3.05) is 0 Å². The van der Waals surface area contributed by atoms with Gasteiger partial charge in [-0.25, -0.2) is 0 Å². The van der Waals surface area contributed by atoms with Crippen molar-refractivity contribution in [3.05, 3.63) is 21.9 Å². The van der Waals surface area contributed by atoms with Crippen LogP contribution in [0.3, 0.4) is 0 Å². The molecule has 1 aliphatic carbocycles. The predicted molar refractivity (Wildman–Crippen MR) is 78.6 cm³/mol. The van der Waals surface area contributed by atoms with Crippen LogP contribution in [-0.4, -0.2) is 10.9 Å². The van der Waals surface area contributed by atoms with E-state index in [2.05, 4.69) is 24.4 Å². The Balaban J connectivity index is 1.93. The Morgan fingerprint density at radius 2 is 2.17 bits per heavy atom. The first kappa shape index (κ1) is 13.5. The van der Waals surface area contributed by atoms with E-state index in [1.165, 1.54) is 9.75 Å². The summed E-state index contributed by atoms with van der Waals surface area (Å²) in [6.07, 6.45) is 3.65. The van der Waals surface area contributed by atoms with E-state index >= 15 is 0 Å². The second kappa shape index (κ2) is 5.36. The fourth-order valence-electron chi connectivity index (χ4n) is 2.16. The zero-order valence-corrected chi connectivity index (χ0v) is 12.1. The van der Waals surface area contributed by atoms with Gasteiger partial charge in [0.2, 0.25) is 5.91 Å². The molecule has 18 heavy (non-hydrogen) atoms. The molecule has 1 heterocycles. The van der Waals surface area contributed by atoms with Gasteiger partial charge in [-0.3, -0.25) is 4.79 Å². The van der Waals surface area contributed by atoms with E-state index in [0.717, 1.165) is 25.7 Å². The molecular weight excluding hydrogens is 264 g/mol. The van der Waals surface area contributed by atoms with Crippen LogP contribution in [0, 0.1) is 5.41 Å². The third kappa shape index (κ3) is 2.42. The van der Waals surface area contributed by atoms with Gasteiger partial charge in [0.25, 0.3) is 0 Å².